The van der Waals surface area contributed by atoms with Gasteiger partial charge < -0.3 is 29.2 Å². The number of ether oxygens (including phenoxy) is 4. The molecule has 0 spiro atoms. The molecule has 1 aliphatic heterocycles. The number of carbonyl (C=O) groups excluding carboxylic acids is 4. The number of alkyl halides is 1. The molecule has 11 heteroatoms. The van der Waals surface area contributed by atoms with Crippen LogP contribution in [0.25, 0.3) is 0 Å². The smallest absolute Gasteiger partial charge is 0.309 e. The predicted molar refractivity (Wildman–Crippen MR) is 171 cm³/mol. The van der Waals surface area contributed by atoms with E-state index in [2.05, 4.69) is 0 Å². The molecule has 0 saturated carbocycles. The zero-order valence-electron chi connectivity index (χ0n) is 28.2. The van der Waals surface area contributed by atoms with Gasteiger partial charge in [-0.2, -0.15) is 0 Å². The Labute approximate surface area is 273 Å². The van der Waals surface area contributed by atoms with Crippen molar-refractivity contribution in [2.45, 2.75) is 136 Å². The first-order chi connectivity index (χ1) is 20.9. The second-order valence-electron chi connectivity index (χ2n) is 12.5. The highest BCUT2D eigenvalue weighted by molar-refractivity contribution is 6.21. The van der Waals surface area contributed by atoms with E-state index in [-0.39, 0.29) is 37.0 Å². The first kappa shape index (κ1) is 40.3. The average molecular weight is 657 g/mol. The Kier molecular flexibility index (Phi) is 17.1. The van der Waals surface area contributed by atoms with E-state index >= 15 is 0 Å². The van der Waals surface area contributed by atoms with Crippen LogP contribution in [-0.4, -0.2) is 75.6 Å². The van der Waals surface area contributed by atoms with Gasteiger partial charge in [-0.25, -0.2) is 0 Å². The number of carbonyl (C=O) groups is 4. The van der Waals surface area contributed by atoms with E-state index in [0.29, 0.717) is 12.8 Å². The fourth-order valence-corrected chi connectivity index (χ4v) is 5.94. The van der Waals surface area contributed by atoms with E-state index in [9.17, 15) is 29.4 Å². The lowest BCUT2D eigenvalue weighted by Gasteiger charge is -2.33. The molecule has 10 unspecified atom stereocenters. The van der Waals surface area contributed by atoms with Crippen molar-refractivity contribution in [1.82, 2.24) is 0 Å². The summed E-state index contributed by atoms with van der Waals surface area (Å²) < 4.78 is 22.2. The third-order valence-corrected chi connectivity index (χ3v) is 8.37. The summed E-state index contributed by atoms with van der Waals surface area (Å²) in [5.74, 6) is -2.71. The lowest BCUT2D eigenvalue weighted by molar-refractivity contribution is -0.159. The number of aliphatic hydroxyl groups is 2. The molecule has 0 radical (unpaired) electrons. The van der Waals surface area contributed by atoms with Gasteiger partial charge >= 0.3 is 23.9 Å². The quantitative estimate of drug-likeness (QED) is 0.0925. The molecule has 0 aliphatic carbocycles. The van der Waals surface area contributed by atoms with E-state index in [1.165, 1.54) is 27.7 Å². The Morgan fingerprint density at radius 1 is 1.11 bits per heavy atom. The molecule has 0 aromatic carbocycles. The number of halogens is 1. The normalized spacial score (nSPS) is 29.2. The molecule has 0 aromatic rings. The Morgan fingerprint density at radius 3 is 2.29 bits per heavy atom. The van der Waals surface area contributed by atoms with E-state index < -0.39 is 65.4 Å². The van der Waals surface area contributed by atoms with Crippen LogP contribution in [0.2, 0.25) is 0 Å². The van der Waals surface area contributed by atoms with E-state index in [0.717, 1.165) is 5.57 Å². The van der Waals surface area contributed by atoms with Crippen LogP contribution < -0.4 is 0 Å². The van der Waals surface area contributed by atoms with Crippen molar-refractivity contribution in [3.63, 3.8) is 0 Å². The van der Waals surface area contributed by atoms with Gasteiger partial charge in [0.1, 0.15) is 30.0 Å². The summed E-state index contributed by atoms with van der Waals surface area (Å²) in [7, 11) is 0. The van der Waals surface area contributed by atoms with Crippen LogP contribution in [0.1, 0.15) is 94.4 Å². The van der Waals surface area contributed by atoms with Gasteiger partial charge in [0.25, 0.3) is 0 Å². The number of hydrogen-bond acceptors (Lipinski definition) is 10. The molecular formula is C34H53ClO10. The summed E-state index contributed by atoms with van der Waals surface area (Å²) in [6.07, 6.45) is 6.14. The van der Waals surface area contributed by atoms with Crippen LogP contribution in [-0.2, 0) is 38.1 Å². The van der Waals surface area contributed by atoms with E-state index in [1.807, 2.05) is 52.8 Å². The van der Waals surface area contributed by atoms with Gasteiger partial charge in [0.2, 0.25) is 0 Å². The van der Waals surface area contributed by atoms with Crippen LogP contribution in [0.15, 0.2) is 36.0 Å². The first-order valence-corrected chi connectivity index (χ1v) is 16.1. The summed E-state index contributed by atoms with van der Waals surface area (Å²) in [6, 6.07) is 0. The summed E-state index contributed by atoms with van der Waals surface area (Å²) in [6.45, 7) is 14.8. The topological polar surface area (TPSA) is 146 Å². The van der Waals surface area contributed by atoms with Crippen LogP contribution in [0.4, 0.5) is 0 Å². The van der Waals surface area contributed by atoms with Gasteiger partial charge in [0.05, 0.1) is 17.9 Å². The van der Waals surface area contributed by atoms with E-state index in [1.54, 1.807) is 12.2 Å². The molecular weight excluding hydrogens is 604 g/mol. The number of rotatable bonds is 12. The lowest BCUT2D eigenvalue weighted by atomic mass is 9.88. The summed E-state index contributed by atoms with van der Waals surface area (Å²) >= 11 is 6.78. The molecule has 1 aliphatic rings. The Bertz CT molecular complexity index is 1080. The van der Waals surface area contributed by atoms with Crippen molar-refractivity contribution in [2.24, 2.45) is 17.8 Å². The summed E-state index contributed by atoms with van der Waals surface area (Å²) in [5, 5.41) is 20.9. The van der Waals surface area contributed by atoms with Gasteiger partial charge in [-0.15, -0.1) is 11.6 Å². The van der Waals surface area contributed by atoms with Gasteiger partial charge in [-0.3, -0.25) is 19.2 Å². The maximum Gasteiger partial charge on any atom is 0.309 e. The molecule has 1 heterocycles. The monoisotopic (exact) mass is 656 g/mol. The van der Waals surface area contributed by atoms with Crippen molar-refractivity contribution >= 4 is 35.5 Å². The highest BCUT2D eigenvalue weighted by Gasteiger charge is 2.36. The highest BCUT2D eigenvalue weighted by atomic mass is 35.5. The fourth-order valence-electron chi connectivity index (χ4n) is 5.38. The van der Waals surface area contributed by atoms with Gasteiger partial charge in [-0.05, 0) is 57.1 Å². The zero-order chi connectivity index (χ0) is 34.5. The minimum atomic E-state index is -1.45. The molecule has 0 bridgehead atoms. The van der Waals surface area contributed by atoms with Crippen LogP contribution in [0.3, 0.4) is 0 Å². The maximum atomic E-state index is 12.7. The minimum absolute atomic E-state index is 0.0337. The molecule has 256 valence electrons. The molecule has 2 N–H and O–H groups in total. The fraction of sp³-hybridized carbons (Fsp3) is 0.706. The van der Waals surface area contributed by atoms with Crippen molar-refractivity contribution in [3.05, 3.63) is 36.0 Å². The number of cyclic esters (lactones) is 1. The molecule has 45 heavy (non-hydrogen) atoms. The molecule has 0 saturated heterocycles. The third-order valence-electron chi connectivity index (χ3n) is 7.94. The molecule has 0 amide bonds. The average Bonchev–Trinajstić information content (AvgIpc) is 2.92. The standard InChI is InChI=1S/C34H53ClO10/c1-10-29(42-24(6)36)23(5)33(44-26(8)38)28(35)18-20(2)12-11-13-21(3)32-22(4)14-15-30(43-25(7)37)34(9,41)17-16-27(39)19-31(40)45-32/h11-15,20,22-23,27-30,32-33,39,41H,10,16-19H2,1-9H3/b12-11+,15-14-,21-13+. The Balaban J connectivity index is 3.16. The predicted octanol–water partition coefficient (Wildman–Crippen LogP) is 5.36. The van der Waals surface area contributed by atoms with Crippen molar-refractivity contribution < 1.29 is 48.3 Å². The SMILES string of the molecule is CCC(OC(C)=O)C(C)C(OC(C)=O)C(Cl)CC(C)/C=C/C=C(\C)C1OC(=O)CC(O)CCC(C)(O)C(OC(C)=O)/C=C\C1C. The summed E-state index contributed by atoms with van der Waals surface area (Å²) in [5.41, 5.74) is -0.720. The maximum absolute atomic E-state index is 12.7. The third kappa shape index (κ3) is 14.5. The number of esters is 4. The second kappa shape index (κ2) is 19.1. The highest BCUT2D eigenvalue weighted by Crippen LogP contribution is 2.29. The number of allylic oxidation sites excluding steroid dienone is 3. The molecule has 10 nitrogen and oxygen atoms in total. The Hall–Kier alpha value is -2.69. The zero-order valence-corrected chi connectivity index (χ0v) is 28.9. The van der Waals surface area contributed by atoms with Crippen molar-refractivity contribution in [1.29, 1.82) is 0 Å². The van der Waals surface area contributed by atoms with Gasteiger partial charge in [0, 0.05) is 32.6 Å². The van der Waals surface area contributed by atoms with Crippen LogP contribution in [0, 0.1) is 17.8 Å². The largest absolute Gasteiger partial charge is 0.462 e. The minimum Gasteiger partial charge on any atom is -0.462 e. The van der Waals surface area contributed by atoms with Gasteiger partial charge in [-0.1, -0.05) is 52.0 Å². The molecule has 0 fully saturated rings. The van der Waals surface area contributed by atoms with Crippen LogP contribution >= 0.6 is 11.6 Å². The van der Waals surface area contributed by atoms with Crippen LogP contribution in [0.5, 0.6) is 0 Å². The first-order valence-electron chi connectivity index (χ1n) is 15.7. The Morgan fingerprint density at radius 2 is 1.73 bits per heavy atom. The molecule has 1 rings (SSSR count). The van der Waals surface area contributed by atoms with E-state index in [4.69, 9.17) is 30.5 Å². The molecule has 10 atom stereocenters. The van der Waals surface area contributed by atoms with Crippen molar-refractivity contribution in [2.75, 3.05) is 0 Å². The second-order valence-corrected chi connectivity index (χ2v) is 13.0. The van der Waals surface area contributed by atoms with Crippen molar-refractivity contribution in [3.8, 4) is 0 Å². The lowest BCUT2D eigenvalue weighted by Crippen LogP contribution is -2.42. The number of aliphatic hydroxyl groups excluding tert-OH is 1. The summed E-state index contributed by atoms with van der Waals surface area (Å²) in [4.78, 5) is 47.9. The van der Waals surface area contributed by atoms with Gasteiger partial charge in [0.15, 0.2) is 0 Å². The number of hydrogen-bond donors (Lipinski definition) is 2. The molecule has 0 aromatic heterocycles.